The Labute approximate surface area is 261 Å². The SMILES string of the molecule is COc1cc(OC)c(C2C(C#N)=C(N)N(c3nnc(SCC(=O)Nc4cccc(Cl)c4)s3)C3=C2C(=O)CCC3)cc1OC. The maximum Gasteiger partial charge on any atom is 0.234 e. The number of nitrogens with zero attached hydrogens (tertiary/aromatic N) is 4. The lowest BCUT2D eigenvalue weighted by atomic mass is 9.75. The Kier molecular flexibility index (Phi) is 9.10. The van der Waals surface area contributed by atoms with Gasteiger partial charge in [-0.2, -0.15) is 5.26 Å². The number of Topliss-reactive ketones (excluding diaryl/α,β-unsaturated/α-hetero) is 1. The highest BCUT2D eigenvalue weighted by atomic mass is 35.5. The Morgan fingerprint density at radius 3 is 2.60 bits per heavy atom. The van der Waals surface area contributed by atoms with Crippen LogP contribution in [0.4, 0.5) is 10.8 Å². The molecule has 0 spiro atoms. The minimum atomic E-state index is -0.782. The van der Waals surface area contributed by atoms with Crippen molar-refractivity contribution in [3.63, 3.8) is 0 Å². The number of hydrogen-bond donors (Lipinski definition) is 2. The number of carbonyl (C=O) groups is 2. The molecule has 1 atom stereocenters. The fourth-order valence-electron chi connectivity index (χ4n) is 5.14. The third-order valence-electron chi connectivity index (χ3n) is 6.98. The van der Waals surface area contributed by atoms with E-state index in [9.17, 15) is 14.9 Å². The van der Waals surface area contributed by atoms with Crippen LogP contribution in [0.25, 0.3) is 0 Å². The van der Waals surface area contributed by atoms with Crippen LogP contribution in [0.1, 0.15) is 30.7 Å². The summed E-state index contributed by atoms with van der Waals surface area (Å²) in [5, 5.41) is 22.7. The van der Waals surface area contributed by atoms with E-state index in [4.69, 9.17) is 31.5 Å². The molecule has 1 aromatic heterocycles. The van der Waals surface area contributed by atoms with Gasteiger partial charge in [-0.15, -0.1) is 10.2 Å². The first-order valence-corrected chi connectivity index (χ1v) is 15.2. The molecule has 222 valence electrons. The number of carbonyl (C=O) groups excluding carboxylic acids is 2. The number of anilines is 2. The van der Waals surface area contributed by atoms with Crippen molar-refractivity contribution < 1.29 is 23.8 Å². The molecule has 5 rings (SSSR count). The molecule has 0 fully saturated rings. The van der Waals surface area contributed by atoms with E-state index in [0.29, 0.717) is 73.5 Å². The highest BCUT2D eigenvalue weighted by Gasteiger charge is 2.42. The van der Waals surface area contributed by atoms with E-state index in [-0.39, 0.29) is 28.8 Å². The number of nitrogens with two attached hydrogens (primary N) is 1. The van der Waals surface area contributed by atoms with Gasteiger partial charge in [-0.25, -0.2) is 0 Å². The summed E-state index contributed by atoms with van der Waals surface area (Å²) in [6, 6.07) is 12.5. The second kappa shape index (κ2) is 12.9. The zero-order chi connectivity index (χ0) is 30.7. The molecule has 2 aromatic carbocycles. The number of benzene rings is 2. The number of hydrogen-bond acceptors (Lipinski definition) is 12. The van der Waals surface area contributed by atoms with Crippen LogP contribution in [0.3, 0.4) is 0 Å². The Bertz CT molecular complexity index is 1700. The number of thioether (sulfide) groups is 1. The van der Waals surface area contributed by atoms with Crippen LogP contribution in [-0.4, -0.2) is 49.0 Å². The van der Waals surface area contributed by atoms with Crippen molar-refractivity contribution in [2.24, 2.45) is 5.73 Å². The van der Waals surface area contributed by atoms with Gasteiger partial charge in [0.15, 0.2) is 21.6 Å². The number of ether oxygens (including phenoxy) is 3. The summed E-state index contributed by atoms with van der Waals surface area (Å²) in [4.78, 5) is 27.7. The first kappa shape index (κ1) is 30.2. The Morgan fingerprint density at radius 1 is 1.16 bits per heavy atom. The molecule has 14 heteroatoms. The molecule has 1 aliphatic heterocycles. The molecule has 1 unspecified atom stereocenters. The summed E-state index contributed by atoms with van der Waals surface area (Å²) in [6.07, 6.45) is 1.48. The maximum atomic E-state index is 13.5. The van der Waals surface area contributed by atoms with E-state index >= 15 is 0 Å². The first-order valence-electron chi connectivity index (χ1n) is 13.1. The van der Waals surface area contributed by atoms with Gasteiger partial charge in [0.2, 0.25) is 11.0 Å². The van der Waals surface area contributed by atoms with Crippen molar-refractivity contribution in [2.75, 3.05) is 37.3 Å². The van der Waals surface area contributed by atoms with Gasteiger partial charge >= 0.3 is 0 Å². The van der Waals surface area contributed by atoms with Crippen molar-refractivity contribution in [2.45, 2.75) is 29.5 Å². The second-order valence-corrected chi connectivity index (χ2v) is 12.1. The number of nitrogens with one attached hydrogen (secondary N) is 1. The van der Waals surface area contributed by atoms with Gasteiger partial charge in [-0.05, 0) is 37.1 Å². The minimum Gasteiger partial charge on any atom is -0.496 e. The van der Waals surface area contributed by atoms with Gasteiger partial charge in [-0.3, -0.25) is 14.5 Å². The number of methoxy groups -OCH3 is 3. The molecule has 3 aromatic rings. The molecule has 43 heavy (non-hydrogen) atoms. The summed E-state index contributed by atoms with van der Waals surface area (Å²) in [5.74, 6) is 0.414. The van der Waals surface area contributed by atoms with Gasteiger partial charge in [0.25, 0.3) is 0 Å². The van der Waals surface area contributed by atoms with E-state index in [2.05, 4.69) is 21.6 Å². The first-order chi connectivity index (χ1) is 20.8. The van der Waals surface area contributed by atoms with Gasteiger partial charge in [-0.1, -0.05) is 40.8 Å². The van der Waals surface area contributed by atoms with Gasteiger partial charge in [0.05, 0.1) is 44.6 Å². The lowest BCUT2D eigenvalue weighted by molar-refractivity contribution is -0.116. The molecule has 0 saturated heterocycles. The summed E-state index contributed by atoms with van der Waals surface area (Å²) >= 11 is 8.42. The van der Waals surface area contributed by atoms with E-state index < -0.39 is 5.92 Å². The van der Waals surface area contributed by atoms with Crippen LogP contribution in [0, 0.1) is 11.3 Å². The van der Waals surface area contributed by atoms with Crippen molar-refractivity contribution in [1.82, 2.24) is 10.2 Å². The standard InChI is InChI=1S/C29H27ClN6O5S2/c1-39-21-12-23(41-3)22(40-2)11-17(21)25-18(13-31)27(32)36(19-8-5-9-20(37)26(19)25)28-34-35-29(43-28)42-14-24(38)33-16-7-4-6-15(30)10-16/h4,6-7,10-12,25H,5,8-9,14,32H2,1-3H3,(H,33,38). The summed E-state index contributed by atoms with van der Waals surface area (Å²) in [5.41, 5.74) is 9.12. The predicted octanol–water partition coefficient (Wildman–Crippen LogP) is 5.25. The van der Waals surface area contributed by atoms with E-state index in [1.807, 2.05) is 0 Å². The Morgan fingerprint density at radius 2 is 1.91 bits per heavy atom. The predicted molar refractivity (Wildman–Crippen MR) is 165 cm³/mol. The smallest absolute Gasteiger partial charge is 0.234 e. The van der Waals surface area contributed by atoms with Crippen LogP contribution in [0.2, 0.25) is 5.02 Å². The van der Waals surface area contributed by atoms with Crippen molar-refractivity contribution in [1.29, 1.82) is 5.26 Å². The fraction of sp³-hybridized carbons (Fsp3) is 0.276. The van der Waals surface area contributed by atoms with Gasteiger partial charge < -0.3 is 25.3 Å². The molecule has 3 N–H and O–H groups in total. The average Bonchev–Trinajstić information content (AvgIpc) is 3.47. The molecule has 0 bridgehead atoms. The molecule has 11 nitrogen and oxygen atoms in total. The number of halogens is 1. The van der Waals surface area contributed by atoms with Crippen LogP contribution in [0.15, 0.2) is 63.4 Å². The van der Waals surface area contributed by atoms with Crippen molar-refractivity contribution in [3.8, 4) is 23.3 Å². The van der Waals surface area contributed by atoms with Crippen LogP contribution >= 0.6 is 34.7 Å². The largest absolute Gasteiger partial charge is 0.496 e. The normalized spacial score (nSPS) is 16.5. The molecule has 2 heterocycles. The average molecular weight is 639 g/mol. The summed E-state index contributed by atoms with van der Waals surface area (Å²) < 4.78 is 17.1. The molecule has 1 aliphatic carbocycles. The van der Waals surface area contributed by atoms with Crippen LogP contribution < -0.4 is 30.2 Å². The fourth-order valence-corrected chi connectivity index (χ4v) is 7.01. The monoisotopic (exact) mass is 638 g/mol. The number of allylic oxidation sites excluding steroid dienone is 3. The zero-order valence-corrected chi connectivity index (χ0v) is 25.9. The minimum absolute atomic E-state index is 0.0868. The van der Waals surface area contributed by atoms with Gasteiger partial charge in [0.1, 0.15) is 11.6 Å². The number of amides is 1. The lowest BCUT2D eigenvalue weighted by Gasteiger charge is -2.38. The Balaban J connectivity index is 1.49. The van der Waals surface area contributed by atoms with Crippen LogP contribution in [0.5, 0.6) is 17.2 Å². The third kappa shape index (κ3) is 5.99. The van der Waals surface area contributed by atoms with E-state index in [1.54, 1.807) is 41.3 Å². The van der Waals surface area contributed by atoms with Crippen molar-refractivity contribution >= 4 is 57.2 Å². The molecular formula is C29H27ClN6O5S2. The summed E-state index contributed by atoms with van der Waals surface area (Å²) in [7, 11) is 4.53. The summed E-state index contributed by atoms with van der Waals surface area (Å²) in [6.45, 7) is 0. The molecule has 1 amide bonds. The zero-order valence-electron chi connectivity index (χ0n) is 23.5. The molecule has 0 radical (unpaired) electrons. The van der Waals surface area contributed by atoms with Gasteiger partial charge in [0, 0.05) is 40.0 Å². The molecule has 0 saturated carbocycles. The Hall–Kier alpha value is -4.25. The molecular weight excluding hydrogens is 612 g/mol. The number of aromatic nitrogens is 2. The number of nitriles is 1. The third-order valence-corrected chi connectivity index (χ3v) is 9.26. The van der Waals surface area contributed by atoms with E-state index in [0.717, 1.165) is 0 Å². The number of ketones is 1. The second-order valence-electron chi connectivity index (χ2n) is 9.46. The van der Waals surface area contributed by atoms with Crippen molar-refractivity contribution in [3.05, 3.63) is 69.6 Å². The molecule has 2 aliphatic rings. The topological polar surface area (TPSA) is 153 Å². The number of rotatable bonds is 9. The maximum absolute atomic E-state index is 13.5. The lowest BCUT2D eigenvalue weighted by Crippen LogP contribution is -2.38. The quantitative estimate of drug-likeness (QED) is 0.295. The highest BCUT2D eigenvalue weighted by Crippen LogP contribution is 2.50. The van der Waals surface area contributed by atoms with E-state index in [1.165, 1.54) is 44.4 Å². The highest BCUT2D eigenvalue weighted by molar-refractivity contribution is 8.01. The van der Waals surface area contributed by atoms with Crippen LogP contribution in [-0.2, 0) is 9.59 Å².